The molecule has 2 aromatic heterocycles. The van der Waals surface area contributed by atoms with Gasteiger partial charge in [0.2, 0.25) is 5.91 Å². The van der Waals surface area contributed by atoms with E-state index in [1.807, 2.05) is 40.2 Å². The van der Waals surface area contributed by atoms with Crippen molar-refractivity contribution in [1.29, 1.82) is 0 Å². The Balaban J connectivity index is 1.71. The van der Waals surface area contributed by atoms with E-state index in [-0.39, 0.29) is 5.91 Å². The molecule has 1 N–H and O–H groups in total. The molecule has 0 spiro atoms. The minimum atomic E-state index is -0.156. The highest BCUT2D eigenvalue weighted by molar-refractivity contribution is 14.1. The zero-order valence-corrected chi connectivity index (χ0v) is 13.3. The molecule has 100 valence electrons. The number of nitrogens with zero attached hydrogens (tertiary/aromatic N) is 2. The van der Waals surface area contributed by atoms with Crippen LogP contribution in [0.15, 0.2) is 48.1 Å². The van der Waals surface area contributed by atoms with Gasteiger partial charge in [0, 0.05) is 26.9 Å². The maximum atomic E-state index is 11.8. The van der Waals surface area contributed by atoms with Crippen LogP contribution in [0.1, 0.15) is 5.69 Å². The van der Waals surface area contributed by atoms with Crippen molar-refractivity contribution in [2.45, 2.75) is 0 Å². The molecule has 0 aliphatic heterocycles. The molecule has 0 aliphatic rings. The summed E-state index contributed by atoms with van der Waals surface area (Å²) < 4.78 is 3.08. The Hall–Kier alpha value is -1.67. The molecule has 0 unspecified atom stereocenters. The van der Waals surface area contributed by atoms with Crippen LogP contribution < -0.4 is 5.32 Å². The summed E-state index contributed by atoms with van der Waals surface area (Å²) >= 11 is 3.79. The molecule has 0 saturated carbocycles. The monoisotopic (exact) mass is 395 g/mol. The van der Waals surface area contributed by atoms with Crippen LogP contribution >= 0.6 is 33.9 Å². The predicted octanol–water partition coefficient (Wildman–Crippen LogP) is 3.65. The number of hydrogen-bond acceptors (Lipinski definition) is 3. The molecule has 2 heterocycles. The molecule has 0 atom stereocenters. The molecule has 3 aromatic rings. The Labute approximate surface area is 133 Å². The van der Waals surface area contributed by atoms with Gasteiger partial charge in [-0.15, -0.1) is 11.3 Å². The maximum Gasteiger partial charge on any atom is 0.248 e. The maximum absolute atomic E-state index is 11.8. The lowest BCUT2D eigenvalue weighted by Crippen LogP contribution is -2.07. The van der Waals surface area contributed by atoms with E-state index in [2.05, 4.69) is 32.9 Å². The van der Waals surface area contributed by atoms with E-state index in [4.69, 9.17) is 0 Å². The van der Waals surface area contributed by atoms with Gasteiger partial charge in [-0.25, -0.2) is 4.98 Å². The third-order valence-electron chi connectivity index (χ3n) is 2.69. The lowest BCUT2D eigenvalue weighted by atomic mass is 10.3. The molecular weight excluding hydrogens is 385 g/mol. The van der Waals surface area contributed by atoms with Crippen molar-refractivity contribution in [3.05, 3.63) is 57.4 Å². The van der Waals surface area contributed by atoms with Gasteiger partial charge in [0.15, 0.2) is 4.96 Å². The largest absolute Gasteiger partial charge is 0.323 e. The first-order chi connectivity index (χ1) is 9.72. The first kappa shape index (κ1) is 13.3. The van der Waals surface area contributed by atoms with Gasteiger partial charge < -0.3 is 5.32 Å². The number of carbonyl (C=O) groups is 1. The molecule has 0 aliphatic carbocycles. The smallest absolute Gasteiger partial charge is 0.248 e. The molecule has 6 heteroatoms. The van der Waals surface area contributed by atoms with Crippen LogP contribution in [0.5, 0.6) is 0 Å². The van der Waals surface area contributed by atoms with Crippen LogP contribution in [0.4, 0.5) is 5.69 Å². The lowest BCUT2D eigenvalue weighted by molar-refractivity contribution is -0.111. The van der Waals surface area contributed by atoms with Gasteiger partial charge >= 0.3 is 0 Å². The summed E-state index contributed by atoms with van der Waals surface area (Å²) in [4.78, 5) is 17.0. The van der Waals surface area contributed by atoms with Crippen LogP contribution in [-0.2, 0) is 4.79 Å². The highest BCUT2D eigenvalue weighted by atomic mass is 127. The summed E-state index contributed by atoms with van der Waals surface area (Å²) in [6, 6.07) is 7.66. The third kappa shape index (κ3) is 2.91. The Morgan fingerprint density at radius 1 is 1.35 bits per heavy atom. The second-order valence-corrected chi connectivity index (χ2v) is 6.19. The Bertz CT molecular complexity index is 773. The summed E-state index contributed by atoms with van der Waals surface area (Å²) in [5, 5.41) is 4.78. The van der Waals surface area contributed by atoms with Gasteiger partial charge in [0.1, 0.15) is 0 Å². The minimum absolute atomic E-state index is 0.156. The number of carbonyl (C=O) groups excluding carboxylic acids is 1. The van der Waals surface area contributed by atoms with Gasteiger partial charge in [-0.2, -0.15) is 0 Å². The topological polar surface area (TPSA) is 46.4 Å². The molecule has 3 rings (SSSR count). The van der Waals surface area contributed by atoms with E-state index >= 15 is 0 Å². The van der Waals surface area contributed by atoms with E-state index < -0.39 is 0 Å². The number of nitrogens with one attached hydrogen (secondary N) is 1. The van der Waals surface area contributed by atoms with E-state index in [9.17, 15) is 4.79 Å². The highest BCUT2D eigenvalue weighted by Crippen LogP contribution is 2.14. The van der Waals surface area contributed by atoms with Crippen molar-refractivity contribution < 1.29 is 4.79 Å². The molecule has 20 heavy (non-hydrogen) atoms. The molecule has 0 saturated heterocycles. The number of anilines is 1. The Kier molecular flexibility index (Phi) is 3.83. The van der Waals surface area contributed by atoms with Crippen molar-refractivity contribution in [3.63, 3.8) is 0 Å². The number of amides is 1. The predicted molar refractivity (Wildman–Crippen MR) is 89.9 cm³/mol. The molecular formula is C14H10IN3OS. The van der Waals surface area contributed by atoms with Crippen LogP contribution in [0.2, 0.25) is 0 Å². The van der Waals surface area contributed by atoms with E-state index in [0.29, 0.717) is 0 Å². The fourth-order valence-electron chi connectivity index (χ4n) is 1.75. The number of aromatic nitrogens is 2. The van der Waals surface area contributed by atoms with E-state index in [1.165, 1.54) is 6.08 Å². The van der Waals surface area contributed by atoms with Crippen molar-refractivity contribution in [3.8, 4) is 0 Å². The summed E-state index contributed by atoms with van der Waals surface area (Å²) in [5.41, 5.74) is 1.67. The quantitative estimate of drug-likeness (QED) is 0.544. The van der Waals surface area contributed by atoms with Crippen LogP contribution in [0, 0.1) is 3.57 Å². The second-order valence-electron chi connectivity index (χ2n) is 4.07. The average Bonchev–Trinajstić information content (AvgIpc) is 3.02. The Morgan fingerprint density at radius 2 is 2.15 bits per heavy atom. The number of imidazole rings is 1. The fourth-order valence-corrected chi connectivity index (χ4v) is 2.80. The molecule has 0 fully saturated rings. The number of fused-ring (bicyclic) bond motifs is 1. The van der Waals surface area contributed by atoms with Gasteiger partial charge in [0.05, 0.1) is 11.9 Å². The molecule has 1 amide bonds. The molecule has 0 bridgehead atoms. The first-order valence-electron chi connectivity index (χ1n) is 5.87. The number of benzene rings is 1. The van der Waals surface area contributed by atoms with Gasteiger partial charge in [-0.05, 0) is 52.9 Å². The van der Waals surface area contributed by atoms with Crippen LogP contribution in [-0.4, -0.2) is 15.3 Å². The SMILES string of the molecule is O=C(/C=C/c1cnc2sccn12)Nc1ccc(I)cc1. The number of thiazole rings is 1. The summed E-state index contributed by atoms with van der Waals surface area (Å²) in [6.45, 7) is 0. The standard InChI is InChI=1S/C14H10IN3OS/c15-10-1-3-11(4-2-10)17-13(19)6-5-12-9-16-14-18(12)7-8-20-14/h1-9H,(H,17,19)/b6-5+. The second kappa shape index (κ2) is 5.76. The third-order valence-corrected chi connectivity index (χ3v) is 4.18. The minimum Gasteiger partial charge on any atom is -0.323 e. The summed E-state index contributed by atoms with van der Waals surface area (Å²) in [7, 11) is 0. The number of hydrogen-bond donors (Lipinski definition) is 1. The van der Waals surface area contributed by atoms with Gasteiger partial charge in [0.25, 0.3) is 0 Å². The number of rotatable bonds is 3. The van der Waals surface area contributed by atoms with E-state index in [1.54, 1.807) is 23.6 Å². The van der Waals surface area contributed by atoms with Crippen molar-refractivity contribution in [1.82, 2.24) is 9.38 Å². The zero-order valence-electron chi connectivity index (χ0n) is 10.3. The lowest BCUT2D eigenvalue weighted by Gasteiger charge is -2.01. The van der Waals surface area contributed by atoms with Gasteiger partial charge in [-0.3, -0.25) is 9.20 Å². The summed E-state index contributed by atoms with van der Waals surface area (Å²) in [5.74, 6) is -0.156. The zero-order chi connectivity index (χ0) is 13.9. The first-order valence-corrected chi connectivity index (χ1v) is 7.83. The fraction of sp³-hybridized carbons (Fsp3) is 0. The van der Waals surface area contributed by atoms with Crippen LogP contribution in [0.3, 0.4) is 0 Å². The molecule has 1 aromatic carbocycles. The molecule has 4 nitrogen and oxygen atoms in total. The van der Waals surface area contributed by atoms with Crippen molar-refractivity contribution >= 4 is 56.6 Å². The highest BCUT2D eigenvalue weighted by Gasteiger charge is 2.02. The van der Waals surface area contributed by atoms with Crippen molar-refractivity contribution in [2.24, 2.45) is 0 Å². The Morgan fingerprint density at radius 3 is 2.95 bits per heavy atom. The van der Waals surface area contributed by atoms with Crippen LogP contribution in [0.25, 0.3) is 11.0 Å². The van der Waals surface area contributed by atoms with Gasteiger partial charge in [-0.1, -0.05) is 0 Å². The number of halogens is 1. The molecule has 0 radical (unpaired) electrons. The van der Waals surface area contributed by atoms with E-state index in [0.717, 1.165) is 19.9 Å². The normalized spacial score (nSPS) is 11.2. The summed E-state index contributed by atoms with van der Waals surface area (Å²) in [6.07, 6.45) is 6.96. The average molecular weight is 395 g/mol. The van der Waals surface area contributed by atoms with Crippen molar-refractivity contribution in [2.75, 3.05) is 5.32 Å².